The van der Waals surface area contributed by atoms with E-state index in [0.29, 0.717) is 60.0 Å². The first-order valence-electron chi connectivity index (χ1n) is 30.6. The molecule has 21 heteroatoms. The molecule has 3 aromatic heterocycles. The molecule has 4 aromatic carbocycles. The number of nitrogens with one attached hydrogen (secondary N) is 2. The fourth-order valence-electron chi connectivity index (χ4n) is 15.5. The van der Waals surface area contributed by atoms with Crippen LogP contribution in [-0.2, 0) is 16.0 Å². The number of thiazole rings is 1. The van der Waals surface area contributed by atoms with Crippen LogP contribution in [0.2, 0.25) is 0 Å². The number of phenols is 1. The summed E-state index contributed by atoms with van der Waals surface area (Å²) in [5, 5.41) is 46.5. The van der Waals surface area contributed by atoms with Gasteiger partial charge >= 0.3 is 12.1 Å². The lowest BCUT2D eigenvalue weighted by Crippen LogP contribution is -2.70. The summed E-state index contributed by atoms with van der Waals surface area (Å²) in [5.41, 5.74) is 5.40. The number of β-amino-alcohol motifs (C(OH)–C–C–N with tert-alkyl or cyclic N) is 1. The van der Waals surface area contributed by atoms with Crippen LogP contribution in [0.5, 0.6) is 11.8 Å². The number of nitrogens with zero attached hydrogens (tertiary/aromatic N) is 9. The van der Waals surface area contributed by atoms with E-state index in [1.54, 1.807) is 40.5 Å². The number of hydrogen-bond donors (Lipinski definition) is 5. The van der Waals surface area contributed by atoms with Crippen molar-refractivity contribution < 1.29 is 43.4 Å². The number of rotatable bonds is 15. The fraction of sp³-hybridized carbons (Fsp3) is 0.492. The Morgan fingerprint density at radius 3 is 2.47 bits per heavy atom. The number of aliphatic hydroxyl groups is 1. The van der Waals surface area contributed by atoms with Gasteiger partial charge in [0.05, 0.1) is 39.3 Å². The topological polar surface area (TPSA) is 226 Å². The molecule has 86 heavy (non-hydrogen) atoms. The molecule has 3 unspecified atom stereocenters. The minimum atomic E-state index is -1.02. The smallest absolute Gasteiger partial charge is 0.407 e. The van der Waals surface area contributed by atoms with E-state index in [1.807, 2.05) is 93.6 Å². The maximum Gasteiger partial charge on any atom is 0.407 e. The molecule has 5 N–H and O–H groups in total. The van der Waals surface area contributed by atoms with Crippen molar-refractivity contribution in [2.24, 2.45) is 5.92 Å². The standard InChI is InChI=1S/C65H76FN11O8S/c1-7-39-10-8-11-42-26-45(78)27-49(55(39)42)47-18-19-48-57(56(47)66)70-62(71-59(48)74-30-43-16-17-44(31-74)69-43)84-34-65-21-9-23-76(65)52(20-22-65)64(6)33-73(24-25-77(64)63(82)83)53-29-51(85-72-53)54(36(2)3)61(81)75-32-46(79)28-50(75)60(80)68-37(4)40-12-14-41(15-13-40)58-38(5)67-35-86-58/h8,10-15,18-19,26-27,29,35-37,43-44,46,50,52,54,69,78-79H,7,9,16-17,20-25,28,30-34H2,1-6H3,(H,68,80)(H,82,83)/t37-,43?,44?,46+,50-,52-,54+,64?,65+/m0/s1. The summed E-state index contributed by atoms with van der Waals surface area (Å²) in [5.74, 6) is -0.867. The highest BCUT2D eigenvalue weighted by molar-refractivity contribution is 7.13. The summed E-state index contributed by atoms with van der Waals surface area (Å²) in [4.78, 5) is 67.4. The Bertz CT molecular complexity index is 3740. The fourth-order valence-corrected chi connectivity index (χ4v) is 16.3. The number of anilines is 2. The number of amides is 3. The number of likely N-dealkylation sites (tertiary alicyclic amines) is 1. The maximum absolute atomic E-state index is 17.6. The lowest BCUT2D eigenvalue weighted by Gasteiger charge is -2.53. The molecule has 19 nitrogen and oxygen atoms in total. The van der Waals surface area contributed by atoms with Crippen molar-refractivity contribution in [2.75, 3.05) is 62.2 Å². The van der Waals surface area contributed by atoms with Gasteiger partial charge in [-0.2, -0.15) is 9.97 Å². The van der Waals surface area contributed by atoms with Crippen LogP contribution in [0.1, 0.15) is 114 Å². The predicted molar refractivity (Wildman–Crippen MR) is 327 cm³/mol. The maximum atomic E-state index is 17.6. The van der Waals surface area contributed by atoms with Crippen molar-refractivity contribution in [3.8, 4) is 33.3 Å². The molecule has 6 aliphatic heterocycles. The zero-order chi connectivity index (χ0) is 59.9. The number of aryl methyl sites for hydroxylation is 2. The van der Waals surface area contributed by atoms with Gasteiger partial charge in [0.25, 0.3) is 0 Å². The van der Waals surface area contributed by atoms with Crippen LogP contribution in [0.3, 0.4) is 0 Å². The molecule has 0 saturated carbocycles. The van der Waals surface area contributed by atoms with Gasteiger partial charge in [0.1, 0.15) is 35.7 Å². The monoisotopic (exact) mass is 1190 g/mol. The van der Waals surface area contributed by atoms with Gasteiger partial charge in [-0.3, -0.25) is 19.4 Å². The Morgan fingerprint density at radius 2 is 1.73 bits per heavy atom. The van der Waals surface area contributed by atoms with E-state index in [1.165, 1.54) is 4.90 Å². The van der Waals surface area contributed by atoms with Crippen molar-refractivity contribution in [2.45, 2.75) is 146 Å². The average Bonchev–Trinajstić information content (AvgIpc) is 1.53. The molecule has 9 heterocycles. The number of carbonyl (C=O) groups is 3. The van der Waals surface area contributed by atoms with Gasteiger partial charge in [-0.1, -0.05) is 74.5 Å². The minimum absolute atomic E-state index is 0.00943. The number of aliphatic hydroxyl groups excluding tert-OH is 1. The average molecular weight is 1190 g/mol. The normalized spacial score (nSPS) is 25.6. The van der Waals surface area contributed by atoms with Crippen molar-refractivity contribution in [1.82, 2.24) is 45.4 Å². The van der Waals surface area contributed by atoms with Crippen molar-refractivity contribution in [3.63, 3.8) is 0 Å². The first-order valence-corrected chi connectivity index (χ1v) is 31.5. The number of piperazine rings is 2. The van der Waals surface area contributed by atoms with Gasteiger partial charge in [-0.15, -0.1) is 11.3 Å². The molecule has 6 aliphatic rings. The molecular weight excluding hydrogens is 1110 g/mol. The number of carboxylic acid groups (broad SMARTS) is 1. The van der Waals surface area contributed by atoms with E-state index in [-0.39, 0.29) is 91.8 Å². The molecule has 7 aromatic rings. The summed E-state index contributed by atoms with van der Waals surface area (Å²) in [6.07, 6.45) is 4.07. The Kier molecular flexibility index (Phi) is 15.2. The van der Waals surface area contributed by atoms with Crippen LogP contribution in [0.4, 0.5) is 20.8 Å². The highest BCUT2D eigenvalue weighted by Crippen LogP contribution is 2.49. The molecule has 6 saturated heterocycles. The summed E-state index contributed by atoms with van der Waals surface area (Å²) in [6.45, 7) is 14.9. The molecule has 6 fully saturated rings. The zero-order valence-corrected chi connectivity index (χ0v) is 50.4. The second-order valence-electron chi connectivity index (χ2n) is 25.5. The Labute approximate surface area is 503 Å². The number of aromatic hydroxyl groups is 1. The van der Waals surface area contributed by atoms with Crippen LogP contribution in [0.25, 0.3) is 43.2 Å². The largest absolute Gasteiger partial charge is 0.508 e. The van der Waals surface area contributed by atoms with E-state index in [2.05, 4.69) is 37.5 Å². The van der Waals surface area contributed by atoms with Gasteiger partial charge in [-0.25, -0.2) is 14.2 Å². The van der Waals surface area contributed by atoms with Crippen LogP contribution < -0.4 is 25.2 Å². The van der Waals surface area contributed by atoms with E-state index >= 15 is 4.39 Å². The molecule has 0 aliphatic carbocycles. The van der Waals surface area contributed by atoms with Gasteiger partial charge in [-0.05, 0) is 129 Å². The van der Waals surface area contributed by atoms with Crippen molar-refractivity contribution >= 4 is 62.6 Å². The third-order valence-corrected chi connectivity index (χ3v) is 20.7. The van der Waals surface area contributed by atoms with Gasteiger partial charge < -0.3 is 49.9 Å². The molecule has 452 valence electrons. The van der Waals surface area contributed by atoms with Crippen LogP contribution in [-0.4, -0.2) is 162 Å². The number of ether oxygens (including phenoxy) is 1. The van der Waals surface area contributed by atoms with Gasteiger partial charge in [0.15, 0.2) is 17.4 Å². The number of phenolic OH excluding ortho intramolecular Hbond substituents is 1. The second kappa shape index (κ2) is 22.7. The number of aromatic nitrogens is 4. The Hall–Kier alpha value is -7.46. The number of hydrogen-bond acceptors (Lipinski definition) is 16. The molecule has 0 radical (unpaired) electrons. The first-order chi connectivity index (χ1) is 41.4. The molecule has 13 rings (SSSR count). The number of halogens is 1. The molecular formula is C65H76FN11O8S. The lowest BCUT2D eigenvalue weighted by molar-refractivity contribution is -0.141. The third-order valence-electron chi connectivity index (χ3n) is 19.8. The minimum Gasteiger partial charge on any atom is -0.508 e. The predicted octanol–water partition coefficient (Wildman–Crippen LogP) is 9.43. The van der Waals surface area contributed by atoms with Crippen LogP contribution >= 0.6 is 11.3 Å². The van der Waals surface area contributed by atoms with Crippen molar-refractivity contribution in [1.29, 1.82) is 0 Å². The van der Waals surface area contributed by atoms with Gasteiger partial charge in [0.2, 0.25) is 11.8 Å². The molecule has 3 amide bonds. The SMILES string of the molecule is CCc1cccc2cc(O)cc(-c3ccc4c(N5CC6CCC(C5)N6)nc(OC[C@]56CCCN5[C@H](C5(C)CN(c7cc([C@H](C(=O)N8C[C@H](O)C[C@H]8C(=O)N[C@@H](C)c8ccc(-c9scnc9C)cc8)C(C)C)on7)CCN5C(=O)O)CC6)nc4c3F)c12. The quantitative estimate of drug-likeness (QED) is 0.0644. The number of benzene rings is 4. The number of carbonyl (C=O) groups excluding carboxylic acids is 2. The van der Waals surface area contributed by atoms with Crippen molar-refractivity contribution in [3.05, 3.63) is 107 Å². The third kappa shape index (κ3) is 10.2. The molecule has 2 bridgehead atoms. The highest BCUT2D eigenvalue weighted by Gasteiger charge is 2.59. The molecule has 0 spiro atoms. The van der Waals surface area contributed by atoms with E-state index in [4.69, 9.17) is 19.2 Å². The summed E-state index contributed by atoms with van der Waals surface area (Å²) < 4.78 is 30.5. The zero-order valence-electron chi connectivity index (χ0n) is 49.6. The highest BCUT2D eigenvalue weighted by atomic mass is 32.1. The number of fused-ring (bicyclic) bond motifs is 5. The van der Waals surface area contributed by atoms with E-state index in [0.717, 1.165) is 83.1 Å². The Morgan fingerprint density at radius 1 is 0.942 bits per heavy atom. The van der Waals surface area contributed by atoms with Crippen LogP contribution in [0, 0.1) is 18.7 Å². The summed E-state index contributed by atoms with van der Waals surface area (Å²) in [6, 6.07) is 21.8. The van der Waals surface area contributed by atoms with E-state index in [9.17, 15) is 29.7 Å². The Balaban J connectivity index is 0.738. The first kappa shape index (κ1) is 57.6. The lowest BCUT2D eigenvalue weighted by atomic mass is 9.85. The van der Waals surface area contributed by atoms with E-state index < -0.39 is 41.1 Å². The summed E-state index contributed by atoms with van der Waals surface area (Å²) in [7, 11) is 0. The second-order valence-corrected chi connectivity index (χ2v) is 26.3. The molecule has 9 atom stereocenters. The van der Waals surface area contributed by atoms with Gasteiger partial charge in [0, 0.05) is 80.8 Å². The van der Waals surface area contributed by atoms with Crippen LogP contribution in [0.15, 0.2) is 82.8 Å². The summed E-state index contributed by atoms with van der Waals surface area (Å²) >= 11 is 1.58.